The number of methoxy groups -OCH3 is 1. The van der Waals surface area contributed by atoms with E-state index in [4.69, 9.17) is 4.74 Å². The summed E-state index contributed by atoms with van der Waals surface area (Å²) in [7, 11) is -2.53. The second kappa shape index (κ2) is 6.81. The molecule has 8 nitrogen and oxygen atoms in total. The van der Waals surface area contributed by atoms with Crippen LogP contribution in [0, 0.1) is 15.5 Å². The fourth-order valence-electron chi connectivity index (χ4n) is 2.61. The summed E-state index contributed by atoms with van der Waals surface area (Å²) in [5, 5.41) is 14.0. The Morgan fingerprint density at radius 3 is 2.78 bits per heavy atom. The van der Waals surface area contributed by atoms with Crippen LogP contribution in [0.15, 0.2) is 23.1 Å². The third-order valence-electron chi connectivity index (χ3n) is 4.02. The highest BCUT2D eigenvalue weighted by atomic mass is 32.2. The highest BCUT2D eigenvalue weighted by Gasteiger charge is 2.30. The summed E-state index contributed by atoms with van der Waals surface area (Å²) in [6.07, 6.45) is 1.93. The van der Waals surface area contributed by atoms with E-state index in [9.17, 15) is 18.5 Å². The second-order valence-electron chi connectivity index (χ2n) is 6.01. The lowest BCUT2D eigenvalue weighted by molar-refractivity contribution is -0.385. The first-order valence-corrected chi connectivity index (χ1v) is 8.79. The predicted molar refractivity (Wildman–Crippen MR) is 85.0 cm³/mol. The molecular weight excluding hydrogens is 322 g/mol. The highest BCUT2D eigenvalue weighted by Crippen LogP contribution is 2.29. The topological polar surface area (TPSA) is 111 Å². The van der Waals surface area contributed by atoms with Crippen LogP contribution in [0.3, 0.4) is 0 Å². The van der Waals surface area contributed by atoms with Gasteiger partial charge in [-0.15, -0.1) is 0 Å². The van der Waals surface area contributed by atoms with Crippen LogP contribution in [-0.4, -0.2) is 40.1 Å². The Hall–Kier alpha value is -1.71. The molecule has 1 fully saturated rings. The summed E-state index contributed by atoms with van der Waals surface area (Å²) in [6.45, 7) is 4.00. The Labute approximate surface area is 135 Å². The Balaban J connectivity index is 2.20. The zero-order valence-electron chi connectivity index (χ0n) is 13.2. The molecule has 9 heteroatoms. The molecule has 1 aliphatic heterocycles. The minimum absolute atomic E-state index is 0.0429. The summed E-state index contributed by atoms with van der Waals surface area (Å²) in [5.41, 5.74) is -0.372. The fraction of sp³-hybridized carbons (Fsp3) is 0.571. The van der Waals surface area contributed by atoms with Gasteiger partial charge in [-0.25, -0.2) is 13.1 Å². The Kier molecular flexibility index (Phi) is 5.23. The molecule has 0 saturated carbocycles. The normalized spacial score (nSPS) is 21.8. The molecule has 128 valence electrons. The van der Waals surface area contributed by atoms with Gasteiger partial charge >= 0.3 is 0 Å². The largest absolute Gasteiger partial charge is 0.495 e. The zero-order chi connectivity index (χ0) is 17.1. The van der Waals surface area contributed by atoms with E-state index < -0.39 is 14.9 Å². The number of nitrogens with zero attached hydrogens (tertiary/aromatic N) is 1. The van der Waals surface area contributed by atoms with Gasteiger partial charge in [-0.2, -0.15) is 0 Å². The number of sulfonamides is 1. The first-order valence-electron chi connectivity index (χ1n) is 7.30. The number of hydrogen-bond donors (Lipinski definition) is 2. The van der Waals surface area contributed by atoms with Crippen molar-refractivity contribution in [1.29, 1.82) is 0 Å². The molecule has 2 N–H and O–H groups in total. The van der Waals surface area contributed by atoms with Gasteiger partial charge in [-0.3, -0.25) is 10.1 Å². The summed E-state index contributed by atoms with van der Waals surface area (Å²) in [6, 6.07) is 3.46. The van der Waals surface area contributed by atoms with E-state index in [1.54, 1.807) is 0 Å². The van der Waals surface area contributed by atoms with Gasteiger partial charge < -0.3 is 10.1 Å². The van der Waals surface area contributed by atoms with E-state index in [-0.39, 0.29) is 21.7 Å². The molecule has 0 aromatic heterocycles. The third-order valence-corrected chi connectivity index (χ3v) is 5.46. The van der Waals surface area contributed by atoms with Gasteiger partial charge in [0.1, 0.15) is 10.6 Å². The number of nitro benzene ring substituents is 1. The maximum absolute atomic E-state index is 12.5. The molecule has 1 atom stereocenters. The van der Waals surface area contributed by atoms with E-state index in [2.05, 4.69) is 10.0 Å². The molecule has 0 amide bonds. The molecule has 1 aromatic carbocycles. The van der Waals surface area contributed by atoms with Gasteiger partial charge in [0, 0.05) is 19.2 Å². The molecule has 0 radical (unpaired) electrons. The SMILES string of the molecule is COc1cc([N+](=O)[O-])ccc1S(=O)(=O)NCC1(C)CCCNC1. The van der Waals surface area contributed by atoms with Gasteiger partial charge in [0.2, 0.25) is 10.0 Å². The number of non-ortho nitro benzene ring substituents is 1. The van der Waals surface area contributed by atoms with Crippen molar-refractivity contribution in [2.24, 2.45) is 5.41 Å². The van der Waals surface area contributed by atoms with E-state index in [1.807, 2.05) is 6.92 Å². The monoisotopic (exact) mass is 343 g/mol. The van der Waals surface area contributed by atoms with Crippen LogP contribution in [0.5, 0.6) is 5.75 Å². The molecule has 1 aromatic rings. The van der Waals surface area contributed by atoms with Gasteiger partial charge in [0.15, 0.2) is 0 Å². The number of piperidine rings is 1. The molecule has 0 spiro atoms. The van der Waals surface area contributed by atoms with Gasteiger partial charge in [0.25, 0.3) is 5.69 Å². The highest BCUT2D eigenvalue weighted by molar-refractivity contribution is 7.89. The smallest absolute Gasteiger partial charge is 0.273 e. The van der Waals surface area contributed by atoms with Crippen LogP contribution >= 0.6 is 0 Å². The second-order valence-corrected chi connectivity index (χ2v) is 7.74. The van der Waals surface area contributed by atoms with Crippen LogP contribution in [0.2, 0.25) is 0 Å². The summed E-state index contributed by atoms with van der Waals surface area (Å²) in [5.74, 6) is -0.0429. The fourth-order valence-corrected chi connectivity index (χ4v) is 3.96. The summed E-state index contributed by atoms with van der Waals surface area (Å²) >= 11 is 0. The number of rotatable bonds is 6. The number of ether oxygens (including phenoxy) is 1. The van der Waals surface area contributed by atoms with E-state index >= 15 is 0 Å². The average Bonchev–Trinajstić information content (AvgIpc) is 2.53. The van der Waals surface area contributed by atoms with Crippen LogP contribution in [0.4, 0.5) is 5.69 Å². The maximum Gasteiger partial charge on any atom is 0.273 e. The molecular formula is C14H21N3O5S. The van der Waals surface area contributed by atoms with E-state index in [0.717, 1.165) is 38.1 Å². The third kappa shape index (κ3) is 4.18. The number of hydrogen-bond acceptors (Lipinski definition) is 6. The average molecular weight is 343 g/mol. The Bertz CT molecular complexity index is 684. The van der Waals surface area contributed by atoms with Crippen molar-refractivity contribution in [3.8, 4) is 5.75 Å². The van der Waals surface area contributed by atoms with Crippen molar-refractivity contribution in [3.05, 3.63) is 28.3 Å². The number of benzene rings is 1. The molecule has 1 aliphatic rings. The van der Waals surface area contributed by atoms with Crippen molar-refractivity contribution >= 4 is 15.7 Å². The molecule has 23 heavy (non-hydrogen) atoms. The van der Waals surface area contributed by atoms with Crippen molar-refractivity contribution in [3.63, 3.8) is 0 Å². The summed E-state index contributed by atoms with van der Waals surface area (Å²) < 4.78 is 32.6. The first kappa shape index (κ1) is 17.6. The molecule has 1 saturated heterocycles. The Morgan fingerprint density at radius 2 is 2.22 bits per heavy atom. The standard InChI is InChI=1S/C14H21N3O5S/c1-14(6-3-7-15-9-14)10-16-23(20,21)13-5-4-11(17(18)19)8-12(13)22-2/h4-5,8,15-16H,3,6-7,9-10H2,1-2H3. The molecule has 1 heterocycles. The molecule has 0 bridgehead atoms. The van der Waals surface area contributed by atoms with Crippen LogP contribution in [0.25, 0.3) is 0 Å². The minimum Gasteiger partial charge on any atom is -0.495 e. The lowest BCUT2D eigenvalue weighted by atomic mass is 9.83. The minimum atomic E-state index is -3.81. The van der Waals surface area contributed by atoms with Crippen molar-refractivity contribution in [2.45, 2.75) is 24.7 Å². The summed E-state index contributed by atoms with van der Waals surface area (Å²) in [4.78, 5) is 10.1. The lowest BCUT2D eigenvalue weighted by Gasteiger charge is -2.34. The quantitative estimate of drug-likeness (QED) is 0.594. The molecule has 1 unspecified atom stereocenters. The first-order chi connectivity index (χ1) is 10.8. The molecule has 0 aliphatic carbocycles. The van der Waals surface area contributed by atoms with Crippen LogP contribution in [0.1, 0.15) is 19.8 Å². The zero-order valence-corrected chi connectivity index (χ0v) is 14.0. The van der Waals surface area contributed by atoms with Crippen molar-refractivity contribution < 1.29 is 18.1 Å². The van der Waals surface area contributed by atoms with Crippen molar-refractivity contribution in [1.82, 2.24) is 10.0 Å². The van der Waals surface area contributed by atoms with E-state index in [1.165, 1.54) is 13.2 Å². The number of nitro groups is 1. The van der Waals surface area contributed by atoms with Gasteiger partial charge in [0.05, 0.1) is 18.1 Å². The number of nitrogens with one attached hydrogen (secondary N) is 2. The van der Waals surface area contributed by atoms with Crippen LogP contribution < -0.4 is 14.8 Å². The maximum atomic E-state index is 12.5. The van der Waals surface area contributed by atoms with Crippen LogP contribution in [-0.2, 0) is 10.0 Å². The predicted octanol–water partition coefficient (Wildman–Crippen LogP) is 1.27. The van der Waals surface area contributed by atoms with Gasteiger partial charge in [-0.1, -0.05) is 6.92 Å². The Morgan fingerprint density at radius 1 is 1.48 bits per heavy atom. The lowest BCUT2D eigenvalue weighted by Crippen LogP contribution is -2.45. The van der Waals surface area contributed by atoms with E-state index in [0.29, 0.717) is 6.54 Å². The van der Waals surface area contributed by atoms with Crippen molar-refractivity contribution in [2.75, 3.05) is 26.7 Å². The molecule has 2 rings (SSSR count). The van der Waals surface area contributed by atoms with Gasteiger partial charge in [-0.05, 0) is 30.9 Å².